The molecule has 0 fully saturated rings. The molecule has 5 rings (SSSR count). The quantitative estimate of drug-likeness (QED) is 0.194. The van der Waals surface area contributed by atoms with Crippen LogP contribution in [0.2, 0.25) is 0 Å². The third-order valence-corrected chi connectivity index (χ3v) is 4.39. The topological polar surface area (TPSA) is 0 Å². The first-order chi connectivity index (χ1) is 9.93. The zero-order chi connectivity index (χ0) is 13.1. The Labute approximate surface area is 135 Å². The summed E-state index contributed by atoms with van der Waals surface area (Å²) in [5.74, 6) is 0. The smallest absolute Gasteiger partial charge is 0 e. The minimum absolute atomic E-state index is 0. The molecular weight excluding hydrogens is 306 g/mol. The van der Waals surface area contributed by atoms with Crippen molar-refractivity contribution in [2.24, 2.45) is 0 Å². The number of benzene rings is 5. The van der Waals surface area contributed by atoms with Gasteiger partial charge in [-0.3, -0.25) is 0 Å². The SMILES string of the molecule is [Zn].c1ccc2c(c1)c1cccc3ccc4cccc2c4c31. The van der Waals surface area contributed by atoms with Crippen molar-refractivity contribution in [2.75, 3.05) is 0 Å². The molecule has 0 saturated carbocycles. The van der Waals surface area contributed by atoms with Gasteiger partial charge in [0.15, 0.2) is 0 Å². The van der Waals surface area contributed by atoms with Crippen molar-refractivity contribution >= 4 is 43.1 Å². The standard InChI is InChI=1S/C20H12.Zn/c1-2-8-16-15(7-1)17-9-3-5-13-11-12-14-6-4-10-18(16)20(14)19(13)17;/h1-12H;. The monoisotopic (exact) mass is 316 g/mol. The zero-order valence-corrected chi connectivity index (χ0v) is 14.6. The molecule has 0 heterocycles. The summed E-state index contributed by atoms with van der Waals surface area (Å²) in [7, 11) is 0. The molecule has 0 saturated heterocycles. The van der Waals surface area contributed by atoms with Crippen molar-refractivity contribution in [1.82, 2.24) is 0 Å². The molecule has 0 radical (unpaired) electrons. The molecule has 0 aromatic heterocycles. The van der Waals surface area contributed by atoms with Crippen molar-refractivity contribution in [3.63, 3.8) is 0 Å². The van der Waals surface area contributed by atoms with E-state index in [1.54, 1.807) is 0 Å². The Kier molecular flexibility index (Phi) is 2.74. The average Bonchev–Trinajstić information content (AvgIpc) is 2.53. The largest absolute Gasteiger partial charge is 0.0616 e. The third kappa shape index (κ3) is 1.59. The number of fused-ring (bicyclic) bond motifs is 3. The fourth-order valence-corrected chi connectivity index (χ4v) is 3.56. The van der Waals surface area contributed by atoms with Gasteiger partial charge in [-0.2, -0.15) is 0 Å². The molecular formula is C20H12Zn. The summed E-state index contributed by atoms with van der Waals surface area (Å²) in [4.78, 5) is 0. The Morgan fingerprint density at radius 2 is 0.810 bits per heavy atom. The van der Waals surface area contributed by atoms with E-state index >= 15 is 0 Å². The fraction of sp³-hybridized carbons (Fsp3) is 0. The summed E-state index contributed by atoms with van der Waals surface area (Å²) in [6, 6.07) is 26.4. The van der Waals surface area contributed by atoms with E-state index in [2.05, 4.69) is 72.8 Å². The first kappa shape index (κ1) is 12.7. The molecule has 0 spiro atoms. The molecule has 0 aliphatic heterocycles. The second-order valence-electron chi connectivity index (χ2n) is 5.42. The molecule has 5 aromatic carbocycles. The Morgan fingerprint density at radius 1 is 0.381 bits per heavy atom. The minimum Gasteiger partial charge on any atom is -0.0616 e. The maximum absolute atomic E-state index is 2.25. The second-order valence-corrected chi connectivity index (χ2v) is 5.42. The van der Waals surface area contributed by atoms with Crippen LogP contribution in [0.15, 0.2) is 72.8 Å². The summed E-state index contributed by atoms with van der Waals surface area (Å²) in [5, 5.41) is 10.9. The van der Waals surface area contributed by atoms with E-state index in [1.807, 2.05) is 0 Å². The predicted octanol–water partition coefficient (Wildman–Crippen LogP) is 5.73. The van der Waals surface area contributed by atoms with E-state index in [1.165, 1.54) is 43.1 Å². The summed E-state index contributed by atoms with van der Waals surface area (Å²) in [6.45, 7) is 0. The van der Waals surface area contributed by atoms with Crippen molar-refractivity contribution in [2.45, 2.75) is 0 Å². The van der Waals surface area contributed by atoms with Crippen LogP contribution in [0.25, 0.3) is 43.1 Å². The van der Waals surface area contributed by atoms with Crippen LogP contribution in [0.1, 0.15) is 0 Å². The summed E-state index contributed by atoms with van der Waals surface area (Å²) in [6.07, 6.45) is 0. The van der Waals surface area contributed by atoms with Gasteiger partial charge in [-0.25, -0.2) is 0 Å². The molecule has 1 heteroatoms. The van der Waals surface area contributed by atoms with Gasteiger partial charge in [0, 0.05) is 19.5 Å². The zero-order valence-electron chi connectivity index (χ0n) is 11.6. The molecule has 0 atom stereocenters. The Balaban J connectivity index is 0.00000115. The van der Waals surface area contributed by atoms with E-state index in [9.17, 15) is 0 Å². The first-order valence-electron chi connectivity index (χ1n) is 6.98. The molecule has 0 aliphatic carbocycles. The predicted molar refractivity (Wildman–Crippen MR) is 87.7 cm³/mol. The van der Waals surface area contributed by atoms with Crippen LogP contribution in [-0.4, -0.2) is 0 Å². The molecule has 0 nitrogen and oxygen atoms in total. The number of hydrogen-bond acceptors (Lipinski definition) is 0. The molecule has 5 aromatic rings. The van der Waals surface area contributed by atoms with E-state index < -0.39 is 0 Å². The van der Waals surface area contributed by atoms with E-state index in [-0.39, 0.29) is 19.5 Å². The van der Waals surface area contributed by atoms with Crippen LogP contribution in [0.3, 0.4) is 0 Å². The molecule has 0 unspecified atom stereocenters. The molecule has 0 amide bonds. The Hall–Kier alpha value is -1.98. The number of hydrogen-bond donors (Lipinski definition) is 0. The molecule has 0 N–H and O–H groups in total. The molecule has 0 bridgehead atoms. The van der Waals surface area contributed by atoms with Gasteiger partial charge in [-0.15, -0.1) is 0 Å². The Bertz CT molecular complexity index is 1000. The molecule has 21 heavy (non-hydrogen) atoms. The Morgan fingerprint density at radius 3 is 1.29 bits per heavy atom. The van der Waals surface area contributed by atoms with Crippen molar-refractivity contribution in [1.29, 1.82) is 0 Å². The van der Waals surface area contributed by atoms with Gasteiger partial charge in [-0.05, 0) is 43.1 Å². The van der Waals surface area contributed by atoms with Crippen LogP contribution >= 0.6 is 0 Å². The summed E-state index contributed by atoms with van der Waals surface area (Å²) < 4.78 is 0. The maximum Gasteiger partial charge on any atom is 0 e. The van der Waals surface area contributed by atoms with Crippen molar-refractivity contribution < 1.29 is 19.5 Å². The van der Waals surface area contributed by atoms with Gasteiger partial charge >= 0.3 is 0 Å². The van der Waals surface area contributed by atoms with Crippen LogP contribution in [0, 0.1) is 0 Å². The van der Waals surface area contributed by atoms with Gasteiger partial charge < -0.3 is 0 Å². The van der Waals surface area contributed by atoms with Gasteiger partial charge in [0.05, 0.1) is 0 Å². The summed E-state index contributed by atoms with van der Waals surface area (Å²) in [5.41, 5.74) is 0. The van der Waals surface area contributed by atoms with Crippen molar-refractivity contribution in [3.8, 4) is 0 Å². The van der Waals surface area contributed by atoms with E-state index in [0.29, 0.717) is 0 Å². The van der Waals surface area contributed by atoms with Crippen LogP contribution in [0.5, 0.6) is 0 Å². The minimum atomic E-state index is 0. The van der Waals surface area contributed by atoms with E-state index in [4.69, 9.17) is 0 Å². The second kappa shape index (κ2) is 4.51. The average molecular weight is 318 g/mol. The van der Waals surface area contributed by atoms with Gasteiger partial charge in [0.25, 0.3) is 0 Å². The first-order valence-corrected chi connectivity index (χ1v) is 6.98. The molecule has 94 valence electrons. The van der Waals surface area contributed by atoms with E-state index in [0.717, 1.165) is 0 Å². The van der Waals surface area contributed by atoms with Crippen molar-refractivity contribution in [3.05, 3.63) is 72.8 Å². The van der Waals surface area contributed by atoms with Gasteiger partial charge in [0.2, 0.25) is 0 Å². The maximum atomic E-state index is 2.25. The van der Waals surface area contributed by atoms with Gasteiger partial charge in [0.1, 0.15) is 0 Å². The number of rotatable bonds is 0. The van der Waals surface area contributed by atoms with Crippen LogP contribution < -0.4 is 0 Å². The normalized spacial score (nSPS) is 11.4. The third-order valence-electron chi connectivity index (χ3n) is 4.39. The molecule has 0 aliphatic rings. The van der Waals surface area contributed by atoms with Crippen LogP contribution in [-0.2, 0) is 19.5 Å². The fourth-order valence-electron chi connectivity index (χ4n) is 3.56. The van der Waals surface area contributed by atoms with Gasteiger partial charge in [-0.1, -0.05) is 72.8 Å². The van der Waals surface area contributed by atoms with Crippen LogP contribution in [0.4, 0.5) is 0 Å². The summed E-state index contributed by atoms with van der Waals surface area (Å²) >= 11 is 0.